The van der Waals surface area contributed by atoms with Gasteiger partial charge in [-0.05, 0) is 54.3 Å². The highest BCUT2D eigenvalue weighted by Gasteiger charge is 2.31. The highest BCUT2D eigenvalue weighted by atomic mass is 32.1. The van der Waals surface area contributed by atoms with Gasteiger partial charge >= 0.3 is 6.36 Å². The highest BCUT2D eigenvalue weighted by molar-refractivity contribution is 7.07. The highest BCUT2D eigenvalue weighted by Crippen LogP contribution is 2.28. The third-order valence-corrected chi connectivity index (χ3v) is 8.23. The quantitative estimate of drug-likeness (QED) is 0.161. The number of methoxy groups -OCH3 is 1. The number of halogens is 3. The first kappa shape index (κ1) is 33.4. The molecule has 2 N–H and O–H groups in total. The van der Waals surface area contributed by atoms with Crippen molar-refractivity contribution < 1.29 is 27.8 Å². The van der Waals surface area contributed by atoms with Crippen molar-refractivity contribution in [3.05, 3.63) is 100 Å². The maximum atomic E-state index is 12.4. The van der Waals surface area contributed by atoms with Crippen LogP contribution in [0.15, 0.2) is 83.4 Å². The van der Waals surface area contributed by atoms with E-state index < -0.39 is 18.6 Å². The van der Waals surface area contributed by atoms with Crippen molar-refractivity contribution in [3.8, 4) is 40.3 Å². The van der Waals surface area contributed by atoms with Crippen LogP contribution in [0.25, 0.3) is 22.8 Å². The lowest BCUT2D eigenvalue weighted by atomic mass is 9.99. The van der Waals surface area contributed by atoms with E-state index in [1.165, 1.54) is 46.6 Å². The number of ether oxygens (including phenoxy) is 2. The third-order valence-electron chi connectivity index (χ3n) is 7.27. The second-order valence-corrected chi connectivity index (χ2v) is 11.7. The van der Waals surface area contributed by atoms with Crippen LogP contribution in [0.1, 0.15) is 42.5 Å². The Balaban J connectivity index is 1.27. The maximum absolute atomic E-state index is 12.4. The lowest BCUT2D eigenvalue weighted by Crippen LogP contribution is -2.33. The predicted molar refractivity (Wildman–Crippen MR) is 170 cm³/mol. The Morgan fingerprint density at radius 1 is 1.06 bits per heavy atom. The van der Waals surface area contributed by atoms with Gasteiger partial charge in [0.25, 0.3) is 0 Å². The van der Waals surface area contributed by atoms with Gasteiger partial charge in [0.05, 0.1) is 30.5 Å². The monoisotopic (exact) mass is 663 g/mol. The van der Waals surface area contributed by atoms with Gasteiger partial charge in [-0.2, -0.15) is 5.26 Å². The first-order valence-electron chi connectivity index (χ1n) is 14.5. The van der Waals surface area contributed by atoms with Gasteiger partial charge in [0.15, 0.2) is 10.6 Å². The molecule has 0 saturated carbocycles. The van der Waals surface area contributed by atoms with Gasteiger partial charge < -0.3 is 14.6 Å². The lowest BCUT2D eigenvalue weighted by Gasteiger charge is -2.17. The Morgan fingerprint density at radius 3 is 2.40 bits per heavy atom. The molecule has 2 heterocycles. The molecule has 0 spiro atoms. The molecular formula is C33H32F3N7O3S. The number of alkyl halides is 3. The number of thiazole rings is 1. The average molecular weight is 664 g/mol. The molecule has 0 fully saturated rings. The Kier molecular flexibility index (Phi) is 10.1. The van der Waals surface area contributed by atoms with Crippen LogP contribution in [-0.2, 0) is 0 Å². The van der Waals surface area contributed by atoms with Gasteiger partial charge in [0.1, 0.15) is 17.8 Å². The van der Waals surface area contributed by atoms with Crippen LogP contribution in [0.4, 0.5) is 13.2 Å². The van der Waals surface area contributed by atoms with Crippen molar-refractivity contribution in [2.75, 3.05) is 13.7 Å². The molecule has 14 heteroatoms. The number of nitrogens with zero attached hydrogens (tertiary/aromatic N) is 6. The number of aliphatic hydroxyl groups is 1. The molecule has 2 atom stereocenters. The summed E-state index contributed by atoms with van der Waals surface area (Å²) in [6.45, 7) is 6.34. The molecular weight excluding hydrogens is 631 g/mol. The van der Waals surface area contributed by atoms with E-state index in [9.17, 15) is 23.5 Å². The molecule has 0 bridgehead atoms. The van der Waals surface area contributed by atoms with Crippen molar-refractivity contribution >= 4 is 11.3 Å². The van der Waals surface area contributed by atoms with Crippen LogP contribution in [0.5, 0.6) is 11.5 Å². The summed E-state index contributed by atoms with van der Waals surface area (Å²) in [5.74, 6) is 0.436. The molecule has 0 amide bonds. The molecule has 0 aliphatic rings. The first-order valence-corrected chi connectivity index (χ1v) is 15.4. The molecule has 244 valence electrons. The molecule has 47 heavy (non-hydrogen) atoms. The fourth-order valence-electron chi connectivity index (χ4n) is 4.90. The van der Waals surface area contributed by atoms with Crippen LogP contribution in [-0.4, -0.2) is 50.8 Å². The van der Waals surface area contributed by atoms with Crippen molar-refractivity contribution in [3.63, 3.8) is 0 Å². The summed E-state index contributed by atoms with van der Waals surface area (Å²) >= 11 is 1.40. The summed E-state index contributed by atoms with van der Waals surface area (Å²) in [6, 6.07) is 20.6. The molecule has 0 aliphatic carbocycles. The van der Waals surface area contributed by atoms with E-state index in [2.05, 4.69) is 45.0 Å². The molecule has 0 radical (unpaired) electrons. The van der Waals surface area contributed by atoms with Gasteiger partial charge in [-0.1, -0.05) is 44.2 Å². The van der Waals surface area contributed by atoms with Gasteiger partial charge in [0, 0.05) is 29.2 Å². The van der Waals surface area contributed by atoms with Gasteiger partial charge in [-0.15, -0.1) is 29.6 Å². The molecule has 0 saturated heterocycles. The summed E-state index contributed by atoms with van der Waals surface area (Å²) in [5, 5.41) is 30.0. The molecule has 5 rings (SSSR count). The second-order valence-electron chi connectivity index (χ2n) is 10.8. The number of aliphatic hydroxyl groups excluding tert-OH is 1. The number of benzene rings is 3. The molecule has 2 unspecified atom stereocenters. The van der Waals surface area contributed by atoms with Gasteiger partial charge in [-0.3, -0.25) is 9.88 Å². The molecule has 2 aromatic heterocycles. The number of hydrogen-bond donors (Lipinski definition) is 2. The van der Waals surface area contributed by atoms with Crippen LogP contribution in [0, 0.1) is 18.3 Å². The first-order chi connectivity index (χ1) is 22.5. The minimum absolute atomic E-state index is 0.141. The Morgan fingerprint density at radius 2 is 1.77 bits per heavy atom. The molecule has 3 aromatic carbocycles. The van der Waals surface area contributed by atoms with Crippen LogP contribution >= 0.6 is 11.3 Å². The SMILES string of the molecule is COc1ccc(C(C)C)c(-n2c(C)csc2=NC(O)NCC(C#N)c2ccc(-c3ncn(-c4ccc(OC(F)(F)F)cc4)n3)cc2)c1. The molecule has 5 aromatic rings. The predicted octanol–water partition coefficient (Wildman–Crippen LogP) is 6.20. The minimum Gasteiger partial charge on any atom is -0.497 e. The van der Waals surface area contributed by atoms with Crippen LogP contribution in [0.2, 0.25) is 0 Å². The number of aryl methyl sites for hydroxylation is 1. The van der Waals surface area contributed by atoms with Crippen molar-refractivity contribution in [2.24, 2.45) is 4.99 Å². The van der Waals surface area contributed by atoms with Crippen molar-refractivity contribution in [1.82, 2.24) is 24.6 Å². The Labute approximate surface area is 273 Å². The normalized spacial score (nSPS) is 13.4. The summed E-state index contributed by atoms with van der Waals surface area (Å²) in [6.07, 6.45) is -4.58. The van der Waals surface area contributed by atoms with E-state index in [4.69, 9.17) is 4.74 Å². The van der Waals surface area contributed by atoms with Crippen molar-refractivity contribution in [1.29, 1.82) is 5.26 Å². The number of aromatic nitrogens is 4. The largest absolute Gasteiger partial charge is 0.573 e. The summed E-state index contributed by atoms with van der Waals surface area (Å²) in [4.78, 5) is 9.41. The Bertz CT molecular complexity index is 1930. The van der Waals surface area contributed by atoms with E-state index in [0.717, 1.165) is 22.5 Å². The smallest absolute Gasteiger partial charge is 0.497 e. The lowest BCUT2D eigenvalue weighted by molar-refractivity contribution is -0.274. The van der Waals surface area contributed by atoms with Crippen LogP contribution < -0.4 is 19.6 Å². The number of nitrogens with one attached hydrogen (secondary N) is 1. The fraction of sp³-hybridized carbons (Fsp3) is 0.273. The minimum atomic E-state index is -4.77. The van der Waals surface area contributed by atoms with E-state index in [0.29, 0.717) is 27.6 Å². The maximum Gasteiger partial charge on any atom is 0.573 e. The zero-order chi connectivity index (χ0) is 33.7. The van der Waals surface area contributed by atoms with E-state index in [1.807, 2.05) is 35.1 Å². The van der Waals surface area contributed by atoms with Gasteiger partial charge in [-0.25, -0.2) is 14.7 Å². The number of rotatable bonds is 11. The topological polar surface area (TPSA) is 123 Å². The number of nitriles is 1. The second kappa shape index (κ2) is 14.2. The fourth-order valence-corrected chi connectivity index (χ4v) is 5.79. The van der Waals surface area contributed by atoms with Crippen LogP contribution in [0.3, 0.4) is 0 Å². The van der Waals surface area contributed by atoms with Gasteiger partial charge in [0.2, 0.25) is 6.35 Å². The molecule has 0 aliphatic heterocycles. The van der Waals surface area contributed by atoms with E-state index in [-0.39, 0.29) is 18.2 Å². The zero-order valence-corrected chi connectivity index (χ0v) is 26.8. The standard InChI is InChI=1S/C33H32F3N7O3S/c1-20(2)28-14-13-27(45-4)15-29(28)43-21(3)18-47-32(43)40-31(44)38-17-24(16-37)22-5-7-23(8-6-22)30-39-19-42(41-30)25-9-11-26(12-10-25)46-33(34,35)36/h5-15,18-20,24,31,38,44H,17H2,1-4H3. The Hall–Kier alpha value is -4.97. The van der Waals surface area contributed by atoms with E-state index >= 15 is 0 Å². The summed E-state index contributed by atoms with van der Waals surface area (Å²) in [7, 11) is 1.62. The third kappa shape index (κ3) is 8.07. The average Bonchev–Trinajstić information content (AvgIpc) is 3.68. The van der Waals surface area contributed by atoms with Crippen molar-refractivity contribution in [2.45, 2.75) is 45.3 Å². The molecule has 10 nitrogen and oxygen atoms in total. The summed E-state index contributed by atoms with van der Waals surface area (Å²) < 4.78 is 50.1. The zero-order valence-electron chi connectivity index (χ0n) is 25.9. The number of hydrogen-bond acceptors (Lipinski definition) is 9. The van der Waals surface area contributed by atoms with E-state index in [1.54, 1.807) is 31.4 Å². The summed E-state index contributed by atoms with van der Waals surface area (Å²) in [5.41, 5.74) is 4.89.